The van der Waals surface area contributed by atoms with Gasteiger partial charge in [0, 0.05) is 6.61 Å². The van der Waals surface area contributed by atoms with Gasteiger partial charge in [-0.3, -0.25) is 4.79 Å². The maximum Gasteiger partial charge on any atom is 0.311 e. The highest BCUT2D eigenvalue weighted by molar-refractivity contribution is 5.75. The number of benzene rings is 1. The van der Waals surface area contributed by atoms with Crippen LogP contribution in [0, 0.1) is 5.41 Å². The van der Waals surface area contributed by atoms with Gasteiger partial charge in [-0.1, -0.05) is 49.6 Å². The molecule has 1 rings (SSSR count). The van der Waals surface area contributed by atoms with Crippen molar-refractivity contribution in [2.24, 2.45) is 5.41 Å². The standard InChI is InChI=1S/C19H30O3/c1-4-22-18(20)19(2,3)14-10-5-6-11-15-21-16-17-12-8-7-9-13-17/h7-9,12-13H,4-6,10-11,14-16H2,1-3H3. The molecular weight excluding hydrogens is 276 g/mol. The Hall–Kier alpha value is -1.35. The van der Waals surface area contributed by atoms with Crippen LogP contribution in [0.2, 0.25) is 0 Å². The Morgan fingerprint density at radius 3 is 2.41 bits per heavy atom. The van der Waals surface area contributed by atoms with Crippen molar-refractivity contribution in [1.82, 2.24) is 0 Å². The normalized spacial score (nSPS) is 11.4. The number of ether oxygens (including phenoxy) is 2. The van der Waals surface area contributed by atoms with Gasteiger partial charge in [-0.2, -0.15) is 0 Å². The molecule has 3 heteroatoms. The Balaban J connectivity index is 2.00. The molecule has 0 fully saturated rings. The van der Waals surface area contributed by atoms with E-state index in [0.717, 1.165) is 38.7 Å². The number of carbonyl (C=O) groups excluding carboxylic acids is 1. The molecule has 0 saturated heterocycles. The Morgan fingerprint density at radius 1 is 1.05 bits per heavy atom. The van der Waals surface area contributed by atoms with E-state index >= 15 is 0 Å². The van der Waals surface area contributed by atoms with Crippen molar-refractivity contribution in [3.8, 4) is 0 Å². The van der Waals surface area contributed by atoms with E-state index in [0.29, 0.717) is 13.2 Å². The van der Waals surface area contributed by atoms with Gasteiger partial charge in [-0.15, -0.1) is 0 Å². The second-order valence-corrected chi connectivity index (χ2v) is 6.31. The van der Waals surface area contributed by atoms with Gasteiger partial charge in [0.25, 0.3) is 0 Å². The minimum absolute atomic E-state index is 0.0822. The van der Waals surface area contributed by atoms with E-state index in [1.54, 1.807) is 0 Å². The maximum absolute atomic E-state index is 11.8. The molecule has 0 bridgehead atoms. The lowest BCUT2D eigenvalue weighted by molar-refractivity contribution is -0.153. The van der Waals surface area contributed by atoms with Gasteiger partial charge in [0.2, 0.25) is 0 Å². The lowest BCUT2D eigenvalue weighted by Crippen LogP contribution is -2.26. The molecule has 0 unspecified atom stereocenters. The van der Waals surface area contributed by atoms with Crippen LogP contribution in [0.5, 0.6) is 0 Å². The van der Waals surface area contributed by atoms with E-state index in [-0.39, 0.29) is 11.4 Å². The highest BCUT2D eigenvalue weighted by atomic mass is 16.5. The van der Waals surface area contributed by atoms with Crippen LogP contribution in [-0.2, 0) is 20.9 Å². The number of hydrogen-bond acceptors (Lipinski definition) is 3. The summed E-state index contributed by atoms with van der Waals surface area (Å²) in [6, 6.07) is 10.2. The van der Waals surface area contributed by atoms with E-state index in [2.05, 4.69) is 12.1 Å². The zero-order valence-electron chi connectivity index (χ0n) is 14.3. The average Bonchev–Trinajstić information content (AvgIpc) is 2.51. The molecule has 0 saturated carbocycles. The Morgan fingerprint density at radius 2 is 1.73 bits per heavy atom. The minimum Gasteiger partial charge on any atom is -0.466 e. The van der Waals surface area contributed by atoms with Crippen LogP contribution in [0.4, 0.5) is 0 Å². The fourth-order valence-electron chi connectivity index (χ4n) is 2.32. The summed E-state index contributed by atoms with van der Waals surface area (Å²) in [5, 5.41) is 0. The van der Waals surface area contributed by atoms with Gasteiger partial charge in [-0.25, -0.2) is 0 Å². The number of carbonyl (C=O) groups is 1. The van der Waals surface area contributed by atoms with Crippen molar-refractivity contribution in [3.63, 3.8) is 0 Å². The molecule has 0 aliphatic heterocycles. The zero-order valence-corrected chi connectivity index (χ0v) is 14.3. The monoisotopic (exact) mass is 306 g/mol. The first-order chi connectivity index (χ1) is 10.6. The van der Waals surface area contributed by atoms with E-state index in [9.17, 15) is 4.79 Å². The van der Waals surface area contributed by atoms with Crippen molar-refractivity contribution in [2.75, 3.05) is 13.2 Å². The van der Waals surface area contributed by atoms with Crippen molar-refractivity contribution in [1.29, 1.82) is 0 Å². The summed E-state index contributed by atoms with van der Waals surface area (Å²) in [5.74, 6) is -0.0822. The Labute approximate surface area is 135 Å². The van der Waals surface area contributed by atoms with Crippen molar-refractivity contribution in [3.05, 3.63) is 35.9 Å². The first-order valence-electron chi connectivity index (χ1n) is 8.35. The molecule has 124 valence electrons. The van der Waals surface area contributed by atoms with E-state index in [1.807, 2.05) is 39.0 Å². The fourth-order valence-corrected chi connectivity index (χ4v) is 2.32. The SMILES string of the molecule is CCOC(=O)C(C)(C)CCCCCCOCc1ccccc1. The maximum atomic E-state index is 11.8. The molecule has 0 spiro atoms. The first kappa shape index (κ1) is 18.7. The van der Waals surface area contributed by atoms with Gasteiger partial charge in [0.1, 0.15) is 0 Å². The van der Waals surface area contributed by atoms with Gasteiger partial charge < -0.3 is 9.47 Å². The summed E-state index contributed by atoms with van der Waals surface area (Å²) >= 11 is 0. The van der Waals surface area contributed by atoms with Crippen LogP contribution in [0.25, 0.3) is 0 Å². The quantitative estimate of drug-likeness (QED) is 0.437. The van der Waals surface area contributed by atoms with E-state index in [4.69, 9.17) is 9.47 Å². The zero-order chi connectivity index (χ0) is 16.3. The van der Waals surface area contributed by atoms with Crippen molar-refractivity contribution >= 4 is 5.97 Å². The van der Waals surface area contributed by atoms with Gasteiger partial charge in [0.15, 0.2) is 0 Å². The van der Waals surface area contributed by atoms with Crippen LogP contribution in [0.15, 0.2) is 30.3 Å². The smallest absolute Gasteiger partial charge is 0.311 e. The summed E-state index contributed by atoms with van der Waals surface area (Å²) in [6.45, 7) is 7.74. The second-order valence-electron chi connectivity index (χ2n) is 6.31. The lowest BCUT2D eigenvalue weighted by Gasteiger charge is -2.21. The molecule has 0 aliphatic carbocycles. The van der Waals surface area contributed by atoms with Crippen LogP contribution in [0.1, 0.15) is 58.4 Å². The minimum atomic E-state index is -0.361. The predicted molar refractivity (Wildman–Crippen MR) is 89.6 cm³/mol. The molecule has 0 aromatic heterocycles. The summed E-state index contributed by atoms with van der Waals surface area (Å²) in [5.41, 5.74) is 0.860. The molecule has 0 amide bonds. The highest BCUT2D eigenvalue weighted by Crippen LogP contribution is 2.25. The molecule has 1 aromatic rings. The van der Waals surface area contributed by atoms with E-state index in [1.165, 1.54) is 5.56 Å². The van der Waals surface area contributed by atoms with Crippen LogP contribution in [0.3, 0.4) is 0 Å². The van der Waals surface area contributed by atoms with Gasteiger partial charge >= 0.3 is 5.97 Å². The number of hydrogen-bond donors (Lipinski definition) is 0. The molecule has 0 atom stereocenters. The van der Waals surface area contributed by atoms with Crippen LogP contribution in [-0.4, -0.2) is 19.2 Å². The Kier molecular flexibility index (Phi) is 8.83. The third kappa shape index (κ3) is 7.60. The van der Waals surface area contributed by atoms with Crippen molar-refractivity contribution in [2.45, 2.75) is 59.5 Å². The second kappa shape index (κ2) is 10.4. The highest BCUT2D eigenvalue weighted by Gasteiger charge is 2.28. The fraction of sp³-hybridized carbons (Fsp3) is 0.632. The van der Waals surface area contributed by atoms with Gasteiger partial charge in [-0.05, 0) is 39.2 Å². The molecule has 0 N–H and O–H groups in total. The van der Waals surface area contributed by atoms with Crippen molar-refractivity contribution < 1.29 is 14.3 Å². The summed E-state index contributed by atoms with van der Waals surface area (Å²) in [4.78, 5) is 11.8. The number of unbranched alkanes of at least 4 members (excludes halogenated alkanes) is 3. The average molecular weight is 306 g/mol. The first-order valence-corrected chi connectivity index (χ1v) is 8.35. The molecule has 0 radical (unpaired) electrons. The van der Waals surface area contributed by atoms with E-state index < -0.39 is 0 Å². The summed E-state index contributed by atoms with van der Waals surface area (Å²) in [7, 11) is 0. The predicted octanol–water partition coefficient (Wildman–Crippen LogP) is 4.74. The largest absolute Gasteiger partial charge is 0.466 e. The van der Waals surface area contributed by atoms with Crippen LogP contribution >= 0.6 is 0 Å². The topological polar surface area (TPSA) is 35.5 Å². The molecule has 1 aromatic carbocycles. The molecule has 0 heterocycles. The molecule has 22 heavy (non-hydrogen) atoms. The lowest BCUT2D eigenvalue weighted by atomic mass is 9.87. The third-order valence-corrected chi connectivity index (χ3v) is 3.78. The molecule has 3 nitrogen and oxygen atoms in total. The number of esters is 1. The number of rotatable bonds is 11. The third-order valence-electron chi connectivity index (χ3n) is 3.78. The van der Waals surface area contributed by atoms with Gasteiger partial charge in [0.05, 0.1) is 18.6 Å². The molecular formula is C19H30O3. The van der Waals surface area contributed by atoms with Crippen LogP contribution < -0.4 is 0 Å². The summed E-state index contributed by atoms with van der Waals surface area (Å²) < 4.78 is 10.8. The summed E-state index contributed by atoms with van der Waals surface area (Å²) in [6.07, 6.45) is 5.30. The Bertz CT molecular complexity index is 412. The molecule has 0 aliphatic rings.